The average Bonchev–Trinajstić information content (AvgIpc) is 3.35. The second kappa shape index (κ2) is 8.59. The van der Waals surface area contributed by atoms with Crippen LogP contribution >= 0.6 is 23.4 Å². The third-order valence-electron chi connectivity index (χ3n) is 4.04. The minimum absolute atomic E-state index is 0.302. The molecule has 146 valence electrons. The van der Waals surface area contributed by atoms with E-state index >= 15 is 0 Å². The maximum atomic E-state index is 13.2. The van der Waals surface area contributed by atoms with Gasteiger partial charge >= 0.3 is 0 Å². The van der Waals surface area contributed by atoms with Crippen molar-refractivity contribution in [2.24, 2.45) is 0 Å². The van der Waals surface area contributed by atoms with E-state index in [0.717, 1.165) is 5.56 Å². The molecule has 29 heavy (non-hydrogen) atoms. The van der Waals surface area contributed by atoms with Crippen LogP contribution < -0.4 is 0 Å². The number of nitrogens with zero attached hydrogens (tertiary/aromatic N) is 5. The number of hydrogen-bond acceptors (Lipinski definition) is 6. The second-order valence-electron chi connectivity index (χ2n) is 5.99. The summed E-state index contributed by atoms with van der Waals surface area (Å²) in [5.74, 6) is 1.63. The van der Waals surface area contributed by atoms with Gasteiger partial charge in [-0.1, -0.05) is 46.7 Å². The highest BCUT2D eigenvalue weighted by atomic mass is 35.5. The Morgan fingerprint density at radius 2 is 1.93 bits per heavy atom. The molecule has 2 aromatic heterocycles. The fraction of sp³-hybridized carbons (Fsp3) is 0.100. The number of aromatic nitrogens is 5. The van der Waals surface area contributed by atoms with Gasteiger partial charge < -0.3 is 4.52 Å². The zero-order chi connectivity index (χ0) is 20.2. The highest BCUT2D eigenvalue weighted by Gasteiger charge is 2.16. The molecular weight excluding hydrogens is 413 g/mol. The minimum Gasteiger partial charge on any atom is -0.338 e. The van der Waals surface area contributed by atoms with Crippen molar-refractivity contribution in [1.82, 2.24) is 24.9 Å². The third-order valence-corrected chi connectivity index (χ3v) is 5.32. The van der Waals surface area contributed by atoms with Crippen LogP contribution in [0.5, 0.6) is 0 Å². The van der Waals surface area contributed by atoms with E-state index in [0.29, 0.717) is 45.6 Å². The predicted molar refractivity (Wildman–Crippen MR) is 110 cm³/mol. The Morgan fingerprint density at radius 3 is 2.69 bits per heavy atom. The Hall–Kier alpha value is -2.97. The lowest BCUT2D eigenvalue weighted by Gasteiger charge is -2.07. The van der Waals surface area contributed by atoms with Crippen LogP contribution in [-0.4, -0.2) is 24.9 Å². The summed E-state index contributed by atoms with van der Waals surface area (Å²) in [5.41, 5.74) is 1.48. The number of rotatable bonds is 7. The van der Waals surface area contributed by atoms with Gasteiger partial charge in [-0.05, 0) is 36.4 Å². The normalized spacial score (nSPS) is 11.0. The van der Waals surface area contributed by atoms with E-state index in [1.807, 2.05) is 22.8 Å². The molecule has 9 heteroatoms. The van der Waals surface area contributed by atoms with Crippen LogP contribution in [0.25, 0.3) is 22.8 Å². The molecule has 2 heterocycles. The van der Waals surface area contributed by atoms with Crippen LogP contribution in [0.2, 0.25) is 5.02 Å². The van der Waals surface area contributed by atoms with Crippen molar-refractivity contribution >= 4 is 23.4 Å². The van der Waals surface area contributed by atoms with E-state index < -0.39 is 0 Å². The lowest BCUT2D eigenvalue weighted by molar-refractivity contribution is 0.391. The Kier molecular flexibility index (Phi) is 5.73. The smallest absolute Gasteiger partial charge is 0.237 e. The molecule has 4 aromatic rings. The van der Waals surface area contributed by atoms with Crippen LogP contribution in [0.1, 0.15) is 5.89 Å². The molecule has 0 fully saturated rings. The van der Waals surface area contributed by atoms with Crippen LogP contribution in [0.15, 0.2) is 70.9 Å². The first-order chi connectivity index (χ1) is 14.2. The summed E-state index contributed by atoms with van der Waals surface area (Å²) in [4.78, 5) is 4.40. The molecular formula is C20H15ClFN5OS. The Bertz CT molecular complexity index is 1140. The molecule has 2 aromatic carbocycles. The number of benzene rings is 2. The summed E-state index contributed by atoms with van der Waals surface area (Å²) in [5, 5.41) is 13.7. The van der Waals surface area contributed by atoms with E-state index in [2.05, 4.69) is 26.9 Å². The van der Waals surface area contributed by atoms with Gasteiger partial charge in [-0.2, -0.15) is 4.98 Å². The molecule has 0 spiro atoms. The van der Waals surface area contributed by atoms with E-state index in [1.165, 1.54) is 23.9 Å². The van der Waals surface area contributed by atoms with Crippen molar-refractivity contribution in [2.45, 2.75) is 17.5 Å². The number of hydrogen-bond donors (Lipinski definition) is 0. The third kappa shape index (κ3) is 4.23. The van der Waals surface area contributed by atoms with Crippen LogP contribution in [0.4, 0.5) is 4.39 Å². The second-order valence-corrected chi connectivity index (χ2v) is 7.34. The van der Waals surface area contributed by atoms with Gasteiger partial charge in [0.1, 0.15) is 5.82 Å². The molecule has 4 rings (SSSR count). The largest absolute Gasteiger partial charge is 0.338 e. The molecule has 0 saturated heterocycles. The van der Waals surface area contributed by atoms with Crippen LogP contribution in [0, 0.1) is 5.82 Å². The molecule has 0 aliphatic carbocycles. The van der Waals surface area contributed by atoms with Crippen LogP contribution in [0.3, 0.4) is 0 Å². The lowest BCUT2D eigenvalue weighted by Crippen LogP contribution is -2.00. The fourth-order valence-electron chi connectivity index (χ4n) is 2.69. The molecule has 0 atom stereocenters. The minimum atomic E-state index is -0.302. The quantitative estimate of drug-likeness (QED) is 0.296. The Labute approximate surface area is 175 Å². The van der Waals surface area contributed by atoms with E-state index in [4.69, 9.17) is 16.1 Å². The highest BCUT2D eigenvalue weighted by molar-refractivity contribution is 7.98. The maximum absolute atomic E-state index is 13.2. The van der Waals surface area contributed by atoms with Gasteiger partial charge in [0.15, 0.2) is 11.0 Å². The van der Waals surface area contributed by atoms with Crippen molar-refractivity contribution < 1.29 is 8.91 Å². The van der Waals surface area contributed by atoms with Crippen molar-refractivity contribution in [2.75, 3.05) is 0 Å². The summed E-state index contributed by atoms with van der Waals surface area (Å²) in [6.07, 6.45) is 1.75. The van der Waals surface area contributed by atoms with Crippen molar-refractivity contribution in [3.8, 4) is 22.8 Å². The van der Waals surface area contributed by atoms with Gasteiger partial charge in [0, 0.05) is 17.7 Å². The van der Waals surface area contributed by atoms with E-state index in [9.17, 15) is 4.39 Å². The standard InChI is InChI=1S/C20H15ClFN5OS/c1-2-11-27-19(13-7-9-14(22)10-8-13)24-25-20(27)29-12-17-23-18(26-28-17)15-5-3-4-6-16(15)21/h2-10H,1,11-12H2. The molecule has 0 aliphatic rings. The van der Waals surface area contributed by atoms with Crippen molar-refractivity contribution in [3.05, 3.63) is 77.9 Å². The summed E-state index contributed by atoms with van der Waals surface area (Å²) in [7, 11) is 0. The Morgan fingerprint density at radius 1 is 1.14 bits per heavy atom. The SMILES string of the molecule is C=CCn1c(SCc2nc(-c3ccccc3Cl)no2)nnc1-c1ccc(F)cc1. The first kappa shape index (κ1) is 19.4. The first-order valence-corrected chi connectivity index (χ1v) is 10.0. The molecule has 0 unspecified atom stereocenters. The molecule has 6 nitrogen and oxygen atoms in total. The van der Waals surface area contributed by atoms with Crippen molar-refractivity contribution in [1.29, 1.82) is 0 Å². The Balaban J connectivity index is 1.54. The number of thioether (sulfide) groups is 1. The fourth-order valence-corrected chi connectivity index (χ4v) is 3.70. The molecule has 0 saturated carbocycles. The monoisotopic (exact) mass is 427 g/mol. The van der Waals surface area contributed by atoms with Crippen LogP contribution in [-0.2, 0) is 12.3 Å². The number of allylic oxidation sites excluding steroid dienone is 1. The molecule has 0 radical (unpaired) electrons. The number of halogens is 2. The van der Waals surface area contributed by atoms with Gasteiger partial charge in [-0.15, -0.1) is 16.8 Å². The van der Waals surface area contributed by atoms with E-state index in [-0.39, 0.29) is 5.82 Å². The van der Waals surface area contributed by atoms with Crippen molar-refractivity contribution in [3.63, 3.8) is 0 Å². The molecule has 0 amide bonds. The summed E-state index contributed by atoms with van der Waals surface area (Å²) < 4.78 is 20.5. The highest BCUT2D eigenvalue weighted by Crippen LogP contribution is 2.28. The van der Waals surface area contributed by atoms with Gasteiger partial charge in [0.2, 0.25) is 11.7 Å². The summed E-state index contributed by atoms with van der Waals surface area (Å²) in [6.45, 7) is 4.30. The lowest BCUT2D eigenvalue weighted by atomic mass is 10.2. The molecule has 0 aliphatic heterocycles. The summed E-state index contributed by atoms with van der Waals surface area (Å²) in [6, 6.07) is 13.4. The molecule has 0 N–H and O–H groups in total. The van der Waals surface area contributed by atoms with Gasteiger partial charge in [-0.3, -0.25) is 4.57 Å². The zero-order valence-corrected chi connectivity index (χ0v) is 16.7. The molecule has 0 bridgehead atoms. The maximum Gasteiger partial charge on any atom is 0.237 e. The van der Waals surface area contributed by atoms with Gasteiger partial charge in [0.05, 0.1) is 10.8 Å². The summed E-state index contributed by atoms with van der Waals surface area (Å²) >= 11 is 7.60. The topological polar surface area (TPSA) is 69.6 Å². The van der Waals surface area contributed by atoms with Gasteiger partial charge in [0.25, 0.3) is 0 Å². The predicted octanol–water partition coefficient (Wildman–Crippen LogP) is 5.27. The zero-order valence-electron chi connectivity index (χ0n) is 15.1. The first-order valence-electron chi connectivity index (χ1n) is 8.66. The van der Waals surface area contributed by atoms with E-state index in [1.54, 1.807) is 24.3 Å². The van der Waals surface area contributed by atoms with Gasteiger partial charge in [-0.25, -0.2) is 4.39 Å². The average molecular weight is 428 g/mol.